The Hall–Kier alpha value is -1.89. The zero-order chi connectivity index (χ0) is 14.2. The van der Waals surface area contributed by atoms with Crippen LogP contribution in [0.2, 0.25) is 0 Å². The summed E-state index contributed by atoms with van der Waals surface area (Å²) in [4.78, 5) is 32.2. The van der Waals surface area contributed by atoms with E-state index in [1.807, 2.05) is 0 Å². The lowest BCUT2D eigenvalue weighted by Crippen LogP contribution is -2.54. The highest BCUT2D eigenvalue weighted by atomic mass is 16.4. The molecule has 0 saturated carbocycles. The van der Waals surface area contributed by atoms with E-state index in [0.717, 1.165) is 5.69 Å². The fourth-order valence-corrected chi connectivity index (χ4v) is 2.15. The minimum atomic E-state index is -1.02. The van der Waals surface area contributed by atoms with Crippen LogP contribution < -0.4 is 5.73 Å². The van der Waals surface area contributed by atoms with Crippen molar-refractivity contribution in [2.45, 2.75) is 32.9 Å². The molecule has 1 aromatic rings. The predicted molar refractivity (Wildman–Crippen MR) is 67.1 cm³/mol. The number of aromatic amines is 1. The highest BCUT2D eigenvalue weighted by Crippen LogP contribution is 2.26. The van der Waals surface area contributed by atoms with Gasteiger partial charge in [-0.2, -0.15) is 0 Å². The smallest absolute Gasteiger partial charge is 0.326 e. The van der Waals surface area contributed by atoms with E-state index in [1.54, 1.807) is 13.8 Å². The second-order valence-electron chi connectivity index (χ2n) is 5.41. The Balaban J connectivity index is 2.33. The molecule has 1 aliphatic heterocycles. The number of aliphatic carboxylic acids is 1. The topological polar surface area (TPSA) is 112 Å². The molecule has 0 fully saturated rings. The van der Waals surface area contributed by atoms with E-state index in [0.29, 0.717) is 5.69 Å². The molecule has 19 heavy (non-hydrogen) atoms. The van der Waals surface area contributed by atoms with Gasteiger partial charge >= 0.3 is 5.97 Å². The lowest BCUT2D eigenvalue weighted by atomic mass is 9.89. The molecule has 104 valence electrons. The molecule has 1 aromatic heterocycles. The number of carbonyl (C=O) groups is 2. The maximum Gasteiger partial charge on any atom is 0.326 e. The van der Waals surface area contributed by atoms with Crippen molar-refractivity contribution in [2.75, 3.05) is 6.54 Å². The van der Waals surface area contributed by atoms with Crippen molar-refractivity contribution in [3.05, 3.63) is 17.7 Å². The Kier molecular flexibility index (Phi) is 3.32. The van der Waals surface area contributed by atoms with Crippen LogP contribution in [-0.2, 0) is 22.6 Å². The van der Waals surface area contributed by atoms with Crippen molar-refractivity contribution in [3.8, 4) is 0 Å². The highest BCUT2D eigenvalue weighted by molar-refractivity contribution is 5.87. The number of nitrogens with one attached hydrogen (secondary N) is 1. The fourth-order valence-electron chi connectivity index (χ4n) is 2.15. The molecule has 2 heterocycles. The lowest BCUT2D eigenvalue weighted by molar-refractivity contribution is -0.155. The Morgan fingerprint density at radius 1 is 1.63 bits per heavy atom. The largest absolute Gasteiger partial charge is 0.480 e. The van der Waals surface area contributed by atoms with E-state index in [9.17, 15) is 14.7 Å². The van der Waals surface area contributed by atoms with E-state index < -0.39 is 17.4 Å². The van der Waals surface area contributed by atoms with Crippen LogP contribution in [0.25, 0.3) is 0 Å². The SMILES string of the molecule is CC(C)(CN)C(=O)N1Cc2[nH]cnc2CC1C(=O)O. The number of carboxylic acid groups (broad SMARTS) is 1. The zero-order valence-electron chi connectivity index (χ0n) is 11.0. The number of rotatable bonds is 3. The van der Waals surface area contributed by atoms with Crippen LogP contribution in [0.3, 0.4) is 0 Å². The molecule has 0 radical (unpaired) electrons. The van der Waals surface area contributed by atoms with Gasteiger partial charge < -0.3 is 20.7 Å². The Bertz CT molecular complexity index is 509. The summed E-state index contributed by atoms with van der Waals surface area (Å²) >= 11 is 0. The first-order valence-corrected chi connectivity index (χ1v) is 6.12. The average Bonchev–Trinajstić information content (AvgIpc) is 2.83. The molecule has 1 aliphatic rings. The molecule has 1 unspecified atom stereocenters. The summed E-state index contributed by atoms with van der Waals surface area (Å²) in [6.07, 6.45) is 1.74. The molecule has 4 N–H and O–H groups in total. The van der Waals surface area contributed by atoms with Gasteiger partial charge in [-0.1, -0.05) is 0 Å². The van der Waals surface area contributed by atoms with Crippen molar-refractivity contribution in [1.82, 2.24) is 14.9 Å². The van der Waals surface area contributed by atoms with Gasteiger partial charge in [0.2, 0.25) is 5.91 Å². The summed E-state index contributed by atoms with van der Waals surface area (Å²) in [6.45, 7) is 3.84. The van der Waals surface area contributed by atoms with Gasteiger partial charge in [0.1, 0.15) is 6.04 Å². The number of carboxylic acids is 1. The first kappa shape index (κ1) is 13.5. The summed E-state index contributed by atoms with van der Waals surface area (Å²) in [5.74, 6) is -1.27. The number of H-pyrrole nitrogens is 1. The third kappa shape index (κ3) is 2.33. The quantitative estimate of drug-likeness (QED) is 0.697. The second kappa shape index (κ2) is 4.65. The summed E-state index contributed by atoms with van der Waals surface area (Å²) < 4.78 is 0. The van der Waals surface area contributed by atoms with Crippen LogP contribution in [0.1, 0.15) is 25.2 Å². The number of fused-ring (bicyclic) bond motifs is 1. The van der Waals surface area contributed by atoms with Crippen molar-refractivity contribution < 1.29 is 14.7 Å². The second-order valence-corrected chi connectivity index (χ2v) is 5.41. The number of hydrogen-bond donors (Lipinski definition) is 3. The van der Waals surface area contributed by atoms with Crippen LogP contribution in [0, 0.1) is 5.41 Å². The molecule has 7 heteroatoms. The third-order valence-electron chi connectivity index (χ3n) is 3.53. The molecule has 0 bridgehead atoms. The van der Waals surface area contributed by atoms with Gasteiger partial charge in [0.05, 0.1) is 29.7 Å². The highest BCUT2D eigenvalue weighted by Gasteiger charge is 2.40. The molecule has 0 saturated heterocycles. The number of aromatic nitrogens is 2. The predicted octanol–water partition coefficient (Wildman–Crippen LogP) is -0.267. The molecule has 2 rings (SSSR count). The van der Waals surface area contributed by atoms with Gasteiger partial charge in [-0.05, 0) is 13.8 Å². The van der Waals surface area contributed by atoms with Crippen molar-refractivity contribution in [3.63, 3.8) is 0 Å². The molecule has 0 aliphatic carbocycles. The molecule has 1 atom stereocenters. The minimum Gasteiger partial charge on any atom is -0.480 e. The van der Waals surface area contributed by atoms with Gasteiger partial charge in [0, 0.05) is 13.0 Å². The number of nitrogens with two attached hydrogens (primary N) is 1. The van der Waals surface area contributed by atoms with Crippen molar-refractivity contribution in [1.29, 1.82) is 0 Å². The first-order chi connectivity index (χ1) is 8.86. The van der Waals surface area contributed by atoms with E-state index in [-0.39, 0.29) is 25.4 Å². The maximum atomic E-state index is 12.4. The number of carbonyl (C=O) groups excluding carboxylic acids is 1. The molecule has 7 nitrogen and oxygen atoms in total. The monoisotopic (exact) mass is 266 g/mol. The first-order valence-electron chi connectivity index (χ1n) is 6.12. The van der Waals surface area contributed by atoms with E-state index in [1.165, 1.54) is 11.2 Å². The van der Waals surface area contributed by atoms with Gasteiger partial charge in [-0.3, -0.25) is 4.79 Å². The molecular formula is C12H18N4O3. The Labute approximate surface area is 110 Å². The summed E-state index contributed by atoms with van der Waals surface area (Å²) in [6, 6.07) is -0.880. The number of nitrogens with zero attached hydrogens (tertiary/aromatic N) is 2. The molecule has 0 spiro atoms. The van der Waals surface area contributed by atoms with E-state index in [4.69, 9.17) is 5.73 Å². The van der Waals surface area contributed by atoms with Gasteiger partial charge in [-0.25, -0.2) is 9.78 Å². The zero-order valence-corrected chi connectivity index (χ0v) is 11.0. The fraction of sp³-hybridized carbons (Fsp3) is 0.583. The van der Waals surface area contributed by atoms with Crippen molar-refractivity contribution in [2.24, 2.45) is 11.1 Å². The molecule has 0 aromatic carbocycles. The molecule has 1 amide bonds. The normalized spacial score (nSPS) is 19.1. The van der Waals surface area contributed by atoms with Crippen LogP contribution in [0.15, 0.2) is 6.33 Å². The summed E-state index contributed by atoms with van der Waals surface area (Å²) in [5.41, 5.74) is 6.32. The Morgan fingerprint density at radius 3 is 2.89 bits per heavy atom. The van der Waals surface area contributed by atoms with Gasteiger partial charge in [0.15, 0.2) is 0 Å². The summed E-state index contributed by atoms with van der Waals surface area (Å²) in [5, 5.41) is 9.30. The van der Waals surface area contributed by atoms with Crippen LogP contribution >= 0.6 is 0 Å². The number of hydrogen-bond acceptors (Lipinski definition) is 4. The van der Waals surface area contributed by atoms with Crippen LogP contribution in [-0.4, -0.2) is 44.4 Å². The Morgan fingerprint density at radius 2 is 2.32 bits per heavy atom. The standard InChI is InChI=1S/C12H18N4O3/c1-12(2,5-13)11(19)16-4-8-7(14-6-15-8)3-9(16)10(17)18/h6,9H,3-5,13H2,1-2H3,(H,14,15)(H,17,18). The maximum absolute atomic E-state index is 12.4. The van der Waals surface area contributed by atoms with Crippen molar-refractivity contribution >= 4 is 11.9 Å². The van der Waals surface area contributed by atoms with Gasteiger partial charge in [0.25, 0.3) is 0 Å². The summed E-state index contributed by atoms with van der Waals surface area (Å²) in [7, 11) is 0. The lowest BCUT2D eigenvalue weighted by Gasteiger charge is -2.37. The van der Waals surface area contributed by atoms with Crippen LogP contribution in [0.5, 0.6) is 0 Å². The average molecular weight is 266 g/mol. The molecular weight excluding hydrogens is 248 g/mol. The van der Waals surface area contributed by atoms with Gasteiger partial charge in [-0.15, -0.1) is 0 Å². The number of amides is 1. The number of imidazole rings is 1. The third-order valence-corrected chi connectivity index (χ3v) is 3.53. The van der Waals surface area contributed by atoms with E-state index >= 15 is 0 Å². The minimum absolute atomic E-state index is 0.171. The van der Waals surface area contributed by atoms with Crippen LogP contribution in [0.4, 0.5) is 0 Å². The van der Waals surface area contributed by atoms with E-state index in [2.05, 4.69) is 9.97 Å².